The van der Waals surface area contributed by atoms with Crippen molar-refractivity contribution in [3.8, 4) is 11.3 Å². The van der Waals surface area contributed by atoms with E-state index in [1.54, 1.807) is 4.57 Å². The van der Waals surface area contributed by atoms with Crippen molar-refractivity contribution in [3.05, 3.63) is 44.9 Å². The molecule has 1 atom stereocenters. The third-order valence-corrected chi connectivity index (χ3v) is 5.31. The summed E-state index contributed by atoms with van der Waals surface area (Å²) in [5.41, 5.74) is 1.83. The Morgan fingerprint density at radius 3 is 2.83 bits per heavy atom. The minimum atomic E-state index is -0.148. The topological polar surface area (TPSA) is 60.3 Å². The van der Waals surface area contributed by atoms with Crippen LogP contribution in [0.5, 0.6) is 0 Å². The Bertz CT molecular complexity index is 745. The highest BCUT2D eigenvalue weighted by Gasteiger charge is 2.19. The maximum Gasteiger partial charge on any atom is 0.308 e. The monoisotopic (exact) mass is 346 g/mol. The zero-order valence-electron chi connectivity index (χ0n) is 13.8. The summed E-state index contributed by atoms with van der Waals surface area (Å²) in [5.74, 6) is -0.148. The first-order chi connectivity index (χ1) is 11.7. The highest BCUT2D eigenvalue weighted by molar-refractivity contribution is 7.09. The molecule has 3 rings (SSSR count). The lowest BCUT2D eigenvalue weighted by atomic mass is 10.1. The zero-order chi connectivity index (χ0) is 16.9. The van der Waals surface area contributed by atoms with E-state index >= 15 is 0 Å². The van der Waals surface area contributed by atoms with Gasteiger partial charge in [-0.25, -0.2) is 0 Å². The molecule has 6 heteroatoms. The van der Waals surface area contributed by atoms with Crippen molar-refractivity contribution in [2.45, 2.75) is 38.8 Å². The summed E-state index contributed by atoms with van der Waals surface area (Å²) in [6.07, 6.45) is 2.90. The average Bonchev–Trinajstić information content (AvgIpc) is 3.22. The predicted octanol–water partition coefficient (Wildman–Crippen LogP) is 2.43. The number of thiazole rings is 1. The number of rotatable bonds is 6. The molecule has 1 aliphatic rings. The number of aromatic nitrogens is 1. The fourth-order valence-electron chi connectivity index (χ4n) is 2.98. The lowest BCUT2D eigenvalue weighted by Crippen LogP contribution is -2.35. The van der Waals surface area contributed by atoms with Gasteiger partial charge in [0.05, 0.1) is 11.8 Å². The maximum absolute atomic E-state index is 12.4. The number of carbonyl (C=O) groups is 1. The summed E-state index contributed by atoms with van der Waals surface area (Å²) in [6.45, 7) is 3.35. The summed E-state index contributed by atoms with van der Waals surface area (Å²) in [4.78, 5) is 25.6. The molecular weight excluding hydrogens is 324 g/mol. The van der Waals surface area contributed by atoms with E-state index in [4.69, 9.17) is 4.74 Å². The van der Waals surface area contributed by atoms with Crippen LogP contribution in [0.4, 0.5) is 0 Å². The summed E-state index contributed by atoms with van der Waals surface area (Å²) < 4.78 is 7.10. The van der Waals surface area contributed by atoms with Gasteiger partial charge in [-0.1, -0.05) is 48.6 Å². The van der Waals surface area contributed by atoms with Crippen LogP contribution in [-0.2, 0) is 22.5 Å². The van der Waals surface area contributed by atoms with E-state index in [2.05, 4.69) is 5.32 Å². The Labute approximate surface area is 145 Å². The minimum absolute atomic E-state index is 0.0479. The van der Waals surface area contributed by atoms with Crippen LogP contribution in [-0.4, -0.2) is 29.7 Å². The number of benzene rings is 1. The van der Waals surface area contributed by atoms with Crippen LogP contribution in [0.25, 0.3) is 11.3 Å². The quantitative estimate of drug-likeness (QED) is 0.874. The van der Waals surface area contributed by atoms with Crippen molar-refractivity contribution in [3.63, 3.8) is 0 Å². The van der Waals surface area contributed by atoms with Crippen LogP contribution < -0.4 is 10.2 Å². The van der Waals surface area contributed by atoms with E-state index in [1.165, 1.54) is 11.3 Å². The molecule has 2 aromatic rings. The molecule has 0 spiro atoms. The summed E-state index contributed by atoms with van der Waals surface area (Å²) >= 11 is 1.22. The molecule has 0 saturated carbocycles. The number of nitrogens with zero attached hydrogens (tertiary/aromatic N) is 1. The third-order valence-electron chi connectivity index (χ3n) is 4.19. The number of ether oxygens (including phenoxy) is 1. The standard InChI is InChI=1S/C18H22N2O3S/c1-2-15-17(13-7-4-3-5-8-13)20(18(22)24-15)12-16(21)19-11-14-9-6-10-23-14/h3-5,7-8,14H,2,6,9-12H2,1H3,(H,19,21)/t14-/m0/s1. The Kier molecular flexibility index (Phi) is 5.48. The highest BCUT2D eigenvalue weighted by Crippen LogP contribution is 2.26. The van der Waals surface area contributed by atoms with E-state index < -0.39 is 0 Å². The molecule has 0 radical (unpaired) electrons. The molecule has 24 heavy (non-hydrogen) atoms. The molecule has 1 aromatic carbocycles. The number of carbonyl (C=O) groups excluding carboxylic acids is 1. The third kappa shape index (κ3) is 3.76. The van der Waals surface area contributed by atoms with E-state index in [1.807, 2.05) is 37.3 Å². The van der Waals surface area contributed by atoms with Crippen LogP contribution in [0.2, 0.25) is 0 Å². The Balaban J connectivity index is 1.78. The average molecular weight is 346 g/mol. The van der Waals surface area contributed by atoms with Gasteiger partial charge in [0.1, 0.15) is 6.54 Å². The van der Waals surface area contributed by atoms with Crippen LogP contribution in [0, 0.1) is 0 Å². The molecule has 1 N–H and O–H groups in total. The first-order valence-electron chi connectivity index (χ1n) is 8.35. The largest absolute Gasteiger partial charge is 0.376 e. The van der Waals surface area contributed by atoms with Crippen molar-refractivity contribution in [1.29, 1.82) is 0 Å². The van der Waals surface area contributed by atoms with Crippen LogP contribution in [0.1, 0.15) is 24.6 Å². The fourth-order valence-corrected chi connectivity index (χ4v) is 3.93. The van der Waals surface area contributed by atoms with E-state index in [0.717, 1.165) is 42.0 Å². The van der Waals surface area contributed by atoms with Gasteiger partial charge in [0.25, 0.3) is 0 Å². The van der Waals surface area contributed by atoms with E-state index in [-0.39, 0.29) is 23.4 Å². The summed E-state index contributed by atoms with van der Waals surface area (Å²) in [7, 11) is 0. The van der Waals surface area contributed by atoms with Crippen molar-refractivity contribution in [2.24, 2.45) is 0 Å². The minimum Gasteiger partial charge on any atom is -0.376 e. The van der Waals surface area contributed by atoms with Crippen LogP contribution in [0.15, 0.2) is 35.1 Å². The number of hydrogen-bond acceptors (Lipinski definition) is 4. The lowest BCUT2D eigenvalue weighted by molar-refractivity contribution is -0.122. The second kappa shape index (κ2) is 7.77. The summed E-state index contributed by atoms with van der Waals surface area (Å²) in [6, 6.07) is 9.78. The molecule has 1 aliphatic heterocycles. The molecule has 2 heterocycles. The van der Waals surface area contributed by atoms with Gasteiger partial charge >= 0.3 is 4.87 Å². The number of hydrogen-bond donors (Lipinski definition) is 1. The van der Waals surface area contributed by atoms with Gasteiger partial charge < -0.3 is 10.1 Å². The second-order valence-electron chi connectivity index (χ2n) is 5.88. The van der Waals surface area contributed by atoms with E-state index in [9.17, 15) is 9.59 Å². The second-order valence-corrected chi connectivity index (χ2v) is 6.93. The first kappa shape index (κ1) is 16.9. The van der Waals surface area contributed by atoms with Gasteiger partial charge in [-0.3, -0.25) is 14.2 Å². The Morgan fingerprint density at radius 1 is 1.38 bits per heavy atom. The van der Waals surface area contributed by atoms with Crippen molar-refractivity contribution >= 4 is 17.2 Å². The van der Waals surface area contributed by atoms with Gasteiger partial charge in [-0.05, 0) is 24.8 Å². The maximum atomic E-state index is 12.4. The van der Waals surface area contributed by atoms with E-state index in [0.29, 0.717) is 6.54 Å². The molecule has 0 bridgehead atoms. The zero-order valence-corrected chi connectivity index (χ0v) is 14.6. The van der Waals surface area contributed by atoms with Crippen LogP contribution >= 0.6 is 11.3 Å². The Hall–Kier alpha value is -1.92. The molecular formula is C18H22N2O3S. The highest BCUT2D eigenvalue weighted by atomic mass is 32.1. The van der Waals surface area contributed by atoms with Gasteiger partial charge in [-0.2, -0.15) is 0 Å². The normalized spacial score (nSPS) is 17.1. The number of nitrogens with one attached hydrogen (secondary N) is 1. The molecule has 1 amide bonds. The fraction of sp³-hybridized carbons (Fsp3) is 0.444. The summed E-state index contributed by atoms with van der Waals surface area (Å²) in [5, 5.41) is 2.89. The molecule has 0 aliphatic carbocycles. The molecule has 0 unspecified atom stereocenters. The smallest absolute Gasteiger partial charge is 0.308 e. The Morgan fingerprint density at radius 2 is 2.17 bits per heavy atom. The lowest BCUT2D eigenvalue weighted by Gasteiger charge is -2.13. The van der Waals surface area contributed by atoms with Crippen molar-refractivity contribution in [1.82, 2.24) is 9.88 Å². The number of amides is 1. The number of aryl methyl sites for hydroxylation is 1. The molecule has 1 fully saturated rings. The van der Waals surface area contributed by atoms with Gasteiger partial charge in [0.15, 0.2) is 0 Å². The van der Waals surface area contributed by atoms with Crippen molar-refractivity contribution in [2.75, 3.05) is 13.2 Å². The molecule has 1 aromatic heterocycles. The first-order valence-corrected chi connectivity index (χ1v) is 9.17. The van der Waals surface area contributed by atoms with Gasteiger partial charge in [-0.15, -0.1) is 0 Å². The molecule has 1 saturated heterocycles. The molecule has 128 valence electrons. The predicted molar refractivity (Wildman–Crippen MR) is 95.4 cm³/mol. The SMILES string of the molecule is CCc1sc(=O)n(CC(=O)NC[C@@H]2CCCO2)c1-c1ccccc1. The van der Waals surface area contributed by atoms with Gasteiger partial charge in [0.2, 0.25) is 5.91 Å². The van der Waals surface area contributed by atoms with Crippen molar-refractivity contribution < 1.29 is 9.53 Å². The van der Waals surface area contributed by atoms with Crippen LogP contribution in [0.3, 0.4) is 0 Å². The van der Waals surface area contributed by atoms with Gasteiger partial charge in [0, 0.05) is 18.0 Å². The molecule has 5 nitrogen and oxygen atoms in total.